The van der Waals surface area contributed by atoms with Crippen LogP contribution in [0.3, 0.4) is 0 Å². The maximum absolute atomic E-state index is 5.89. The Morgan fingerprint density at radius 3 is 2.75 bits per heavy atom. The highest BCUT2D eigenvalue weighted by Crippen LogP contribution is 2.20. The van der Waals surface area contributed by atoms with Crippen LogP contribution < -0.4 is 4.74 Å². The van der Waals surface area contributed by atoms with Crippen LogP contribution in [-0.2, 0) is 17.8 Å². The molecule has 1 atom stereocenters. The molecule has 2 heterocycles. The summed E-state index contributed by atoms with van der Waals surface area (Å²) in [6.45, 7) is 3.49. The third-order valence-electron chi connectivity index (χ3n) is 5.09. The Morgan fingerprint density at radius 1 is 1.11 bits per heavy atom. The van der Waals surface area contributed by atoms with E-state index in [0.29, 0.717) is 6.10 Å². The highest BCUT2D eigenvalue weighted by Gasteiger charge is 2.20. The van der Waals surface area contributed by atoms with E-state index < -0.39 is 0 Å². The molecular formula is C23H27N3O2. The summed E-state index contributed by atoms with van der Waals surface area (Å²) in [4.78, 5) is 2.44. The van der Waals surface area contributed by atoms with Gasteiger partial charge >= 0.3 is 0 Å². The average molecular weight is 377 g/mol. The van der Waals surface area contributed by atoms with Crippen LogP contribution in [0.4, 0.5) is 0 Å². The van der Waals surface area contributed by atoms with E-state index in [9.17, 15) is 0 Å². The van der Waals surface area contributed by atoms with Crippen LogP contribution in [0.25, 0.3) is 5.69 Å². The molecule has 0 aliphatic carbocycles. The van der Waals surface area contributed by atoms with Gasteiger partial charge in [-0.15, -0.1) is 0 Å². The Kier molecular flexibility index (Phi) is 6.04. The summed E-state index contributed by atoms with van der Waals surface area (Å²) in [5.74, 6) is 0.895. The van der Waals surface area contributed by atoms with Crippen molar-refractivity contribution in [1.29, 1.82) is 0 Å². The molecule has 0 saturated carbocycles. The summed E-state index contributed by atoms with van der Waals surface area (Å²) in [7, 11) is 1.71. The molecule has 146 valence electrons. The maximum Gasteiger partial charge on any atom is 0.119 e. The zero-order valence-corrected chi connectivity index (χ0v) is 16.3. The monoisotopic (exact) mass is 377 g/mol. The molecule has 1 aliphatic heterocycles. The Balaban J connectivity index is 1.49. The number of aromatic nitrogens is 2. The van der Waals surface area contributed by atoms with E-state index in [0.717, 1.165) is 50.5 Å². The molecule has 0 bridgehead atoms. The van der Waals surface area contributed by atoms with Gasteiger partial charge in [-0.3, -0.25) is 4.90 Å². The highest BCUT2D eigenvalue weighted by atomic mass is 16.5. The lowest BCUT2D eigenvalue weighted by Crippen LogP contribution is -2.31. The number of hydrogen-bond acceptors (Lipinski definition) is 4. The zero-order valence-electron chi connectivity index (χ0n) is 16.3. The number of rotatable bonds is 8. The average Bonchev–Trinajstić information content (AvgIpc) is 3.41. The molecule has 5 nitrogen and oxygen atoms in total. The summed E-state index contributed by atoms with van der Waals surface area (Å²) in [5.41, 5.74) is 3.52. The van der Waals surface area contributed by atoms with Gasteiger partial charge in [0.1, 0.15) is 5.75 Å². The minimum absolute atomic E-state index is 0.315. The van der Waals surface area contributed by atoms with E-state index in [-0.39, 0.29) is 0 Å². The second-order valence-electron chi connectivity index (χ2n) is 7.28. The van der Waals surface area contributed by atoms with Crippen LogP contribution in [0.15, 0.2) is 67.0 Å². The highest BCUT2D eigenvalue weighted by molar-refractivity contribution is 5.31. The van der Waals surface area contributed by atoms with Gasteiger partial charge in [-0.2, -0.15) is 5.10 Å². The van der Waals surface area contributed by atoms with Gasteiger partial charge in [0.2, 0.25) is 0 Å². The summed E-state index contributed by atoms with van der Waals surface area (Å²) >= 11 is 0. The normalized spacial score (nSPS) is 16.6. The summed E-state index contributed by atoms with van der Waals surface area (Å²) in [6, 6.07) is 18.5. The second-order valence-corrected chi connectivity index (χ2v) is 7.28. The predicted octanol–water partition coefficient (Wildman–Crippen LogP) is 4.06. The van der Waals surface area contributed by atoms with E-state index >= 15 is 0 Å². The van der Waals surface area contributed by atoms with E-state index in [1.165, 1.54) is 11.1 Å². The maximum atomic E-state index is 5.89. The first-order valence-corrected chi connectivity index (χ1v) is 9.86. The van der Waals surface area contributed by atoms with Gasteiger partial charge in [0.05, 0.1) is 25.1 Å². The quantitative estimate of drug-likeness (QED) is 0.593. The predicted molar refractivity (Wildman–Crippen MR) is 110 cm³/mol. The van der Waals surface area contributed by atoms with E-state index in [1.807, 2.05) is 41.2 Å². The molecule has 3 aromatic rings. The molecule has 1 unspecified atom stereocenters. The molecule has 1 aromatic heterocycles. The van der Waals surface area contributed by atoms with Crippen molar-refractivity contribution in [3.8, 4) is 11.4 Å². The van der Waals surface area contributed by atoms with Crippen molar-refractivity contribution in [1.82, 2.24) is 14.7 Å². The number of nitrogens with zero attached hydrogens (tertiary/aromatic N) is 3. The van der Waals surface area contributed by atoms with Gasteiger partial charge < -0.3 is 9.47 Å². The van der Waals surface area contributed by atoms with Gasteiger partial charge in [-0.25, -0.2) is 4.68 Å². The van der Waals surface area contributed by atoms with Crippen LogP contribution in [0.5, 0.6) is 5.75 Å². The molecule has 0 amide bonds. The van der Waals surface area contributed by atoms with Crippen LogP contribution >= 0.6 is 0 Å². The molecule has 1 saturated heterocycles. The SMILES string of the molecule is COc1cccc(CN(Cc2cnn(-c3ccccc3)c2)CC2CCCO2)c1. The minimum Gasteiger partial charge on any atom is -0.497 e. The lowest BCUT2D eigenvalue weighted by molar-refractivity contribution is 0.0679. The molecule has 1 aliphatic rings. The van der Waals surface area contributed by atoms with Gasteiger partial charge in [0, 0.05) is 38.0 Å². The topological polar surface area (TPSA) is 39.5 Å². The lowest BCUT2D eigenvalue weighted by Gasteiger charge is -2.25. The third-order valence-corrected chi connectivity index (χ3v) is 5.09. The van der Waals surface area contributed by atoms with Crippen LogP contribution in [0, 0.1) is 0 Å². The first kappa shape index (κ1) is 18.7. The fraction of sp³-hybridized carbons (Fsp3) is 0.348. The first-order chi connectivity index (χ1) is 13.8. The smallest absolute Gasteiger partial charge is 0.119 e. The number of ether oxygens (including phenoxy) is 2. The molecule has 5 heteroatoms. The van der Waals surface area contributed by atoms with Gasteiger partial charge in [-0.1, -0.05) is 30.3 Å². The molecule has 28 heavy (non-hydrogen) atoms. The van der Waals surface area contributed by atoms with Gasteiger partial charge in [-0.05, 0) is 42.7 Å². The van der Waals surface area contributed by atoms with Gasteiger partial charge in [0.15, 0.2) is 0 Å². The van der Waals surface area contributed by atoms with Crippen molar-refractivity contribution in [2.24, 2.45) is 0 Å². The first-order valence-electron chi connectivity index (χ1n) is 9.86. The van der Waals surface area contributed by atoms with Crippen LogP contribution in [0.2, 0.25) is 0 Å². The lowest BCUT2D eigenvalue weighted by atomic mass is 10.1. The summed E-state index contributed by atoms with van der Waals surface area (Å²) in [6.07, 6.45) is 6.68. The molecule has 0 radical (unpaired) electrons. The van der Waals surface area contributed by atoms with Crippen LogP contribution in [0.1, 0.15) is 24.0 Å². The van der Waals surface area contributed by atoms with Crippen molar-refractivity contribution in [3.05, 3.63) is 78.1 Å². The Labute approximate surface area is 166 Å². The zero-order chi connectivity index (χ0) is 19.2. The van der Waals surface area contributed by atoms with E-state index in [1.54, 1.807) is 7.11 Å². The third kappa shape index (κ3) is 4.80. The molecule has 0 spiro atoms. The largest absolute Gasteiger partial charge is 0.497 e. The van der Waals surface area contributed by atoms with Gasteiger partial charge in [0.25, 0.3) is 0 Å². The minimum atomic E-state index is 0.315. The fourth-order valence-electron chi connectivity index (χ4n) is 3.71. The molecule has 1 fully saturated rings. The molecule has 4 rings (SSSR count). The fourth-order valence-corrected chi connectivity index (χ4v) is 3.71. The molecular weight excluding hydrogens is 350 g/mol. The van der Waals surface area contributed by atoms with Crippen molar-refractivity contribution in [3.63, 3.8) is 0 Å². The van der Waals surface area contributed by atoms with Crippen LogP contribution in [-0.4, -0.2) is 41.0 Å². The Hall–Kier alpha value is -2.63. The summed E-state index contributed by atoms with van der Waals surface area (Å²) < 4.78 is 13.2. The van der Waals surface area contributed by atoms with E-state index in [4.69, 9.17) is 9.47 Å². The van der Waals surface area contributed by atoms with Crippen molar-refractivity contribution < 1.29 is 9.47 Å². The van der Waals surface area contributed by atoms with Crippen molar-refractivity contribution in [2.75, 3.05) is 20.3 Å². The number of hydrogen-bond donors (Lipinski definition) is 0. The number of para-hydroxylation sites is 1. The standard InChI is InChI=1S/C23H27N3O2/c1-27-22-10-5-7-19(13-22)15-25(18-23-11-6-12-28-23)16-20-14-24-26(17-20)21-8-3-2-4-9-21/h2-5,7-10,13-14,17,23H,6,11-12,15-16,18H2,1H3. The Morgan fingerprint density at radius 2 is 1.96 bits per heavy atom. The van der Waals surface area contributed by atoms with E-state index in [2.05, 4.69) is 40.5 Å². The molecule has 2 aromatic carbocycles. The number of benzene rings is 2. The molecule has 0 N–H and O–H groups in total. The van der Waals surface area contributed by atoms with Crippen molar-refractivity contribution in [2.45, 2.75) is 32.0 Å². The summed E-state index contributed by atoms with van der Waals surface area (Å²) in [5, 5.41) is 4.54. The second kappa shape index (κ2) is 9.04. The number of methoxy groups -OCH3 is 1. The Bertz CT molecular complexity index is 872. The van der Waals surface area contributed by atoms with Crippen molar-refractivity contribution >= 4 is 0 Å².